The third-order valence-corrected chi connectivity index (χ3v) is 3.99. The maximum atomic E-state index is 14.5. The summed E-state index contributed by atoms with van der Waals surface area (Å²) < 4.78 is 14.5. The number of halogens is 1. The van der Waals surface area contributed by atoms with Gasteiger partial charge in [-0.25, -0.2) is 19.3 Å². The van der Waals surface area contributed by atoms with Crippen LogP contribution in [-0.4, -0.2) is 39.9 Å². The van der Waals surface area contributed by atoms with Crippen LogP contribution in [0.25, 0.3) is 22.4 Å². The molecule has 2 aromatic heterocycles. The molecule has 0 fully saturated rings. The number of nitrogens with two attached hydrogens (primary N) is 1. The zero-order valence-electron chi connectivity index (χ0n) is 14.7. The topological polar surface area (TPSA) is 85.0 Å². The third kappa shape index (κ3) is 3.23. The van der Waals surface area contributed by atoms with Gasteiger partial charge in [0.15, 0.2) is 0 Å². The van der Waals surface area contributed by atoms with Gasteiger partial charge in [0.2, 0.25) is 0 Å². The van der Waals surface area contributed by atoms with E-state index in [0.717, 1.165) is 16.8 Å². The highest BCUT2D eigenvalue weighted by Gasteiger charge is 2.18. The molecule has 1 amide bonds. The van der Waals surface area contributed by atoms with Crippen molar-refractivity contribution in [2.75, 3.05) is 19.8 Å². The summed E-state index contributed by atoms with van der Waals surface area (Å²) in [4.78, 5) is 26.0. The van der Waals surface area contributed by atoms with Crippen molar-refractivity contribution in [2.24, 2.45) is 0 Å². The number of nitrogens with zero attached hydrogens (tertiary/aromatic N) is 4. The van der Waals surface area contributed by atoms with Crippen LogP contribution in [0.2, 0.25) is 0 Å². The average Bonchev–Trinajstić information content (AvgIpc) is 2.61. The molecule has 6 nitrogen and oxygen atoms in total. The van der Waals surface area contributed by atoms with Gasteiger partial charge in [-0.15, -0.1) is 0 Å². The summed E-state index contributed by atoms with van der Waals surface area (Å²) in [6, 6.07) is 7.96. The predicted molar refractivity (Wildman–Crippen MR) is 97.8 cm³/mol. The molecule has 3 rings (SSSR count). The number of aromatic nitrogens is 3. The van der Waals surface area contributed by atoms with Crippen molar-refractivity contribution in [1.29, 1.82) is 0 Å². The Morgan fingerprint density at radius 3 is 2.42 bits per heavy atom. The van der Waals surface area contributed by atoms with Gasteiger partial charge in [0.05, 0.1) is 11.3 Å². The maximum absolute atomic E-state index is 14.5. The normalized spacial score (nSPS) is 10.6. The molecule has 26 heavy (non-hydrogen) atoms. The van der Waals surface area contributed by atoms with Gasteiger partial charge in [0, 0.05) is 42.7 Å². The lowest BCUT2D eigenvalue weighted by Crippen LogP contribution is -2.22. The highest BCUT2D eigenvalue weighted by molar-refractivity contribution is 5.95. The van der Waals surface area contributed by atoms with E-state index >= 15 is 0 Å². The third-order valence-electron chi connectivity index (χ3n) is 3.99. The van der Waals surface area contributed by atoms with Gasteiger partial charge < -0.3 is 10.6 Å². The lowest BCUT2D eigenvalue weighted by Gasteiger charge is -2.14. The lowest BCUT2D eigenvalue weighted by atomic mass is 9.98. The fraction of sp³-hybridized carbons (Fsp3) is 0.158. The quantitative estimate of drug-likeness (QED) is 0.784. The van der Waals surface area contributed by atoms with E-state index in [-0.39, 0.29) is 5.56 Å². The number of aryl methyl sites for hydroxylation is 1. The fourth-order valence-electron chi connectivity index (χ4n) is 2.67. The van der Waals surface area contributed by atoms with Gasteiger partial charge in [-0.2, -0.15) is 0 Å². The molecule has 3 aromatic rings. The minimum atomic E-state index is -0.598. The Hall–Kier alpha value is -3.35. The van der Waals surface area contributed by atoms with E-state index in [4.69, 9.17) is 5.73 Å². The first-order valence-electron chi connectivity index (χ1n) is 7.93. The highest BCUT2D eigenvalue weighted by Crippen LogP contribution is 2.32. The Bertz CT molecular complexity index is 970. The fourth-order valence-corrected chi connectivity index (χ4v) is 2.67. The first-order valence-corrected chi connectivity index (χ1v) is 7.93. The number of pyridine rings is 1. The number of anilines is 1. The molecule has 0 aliphatic carbocycles. The van der Waals surface area contributed by atoms with Crippen molar-refractivity contribution >= 4 is 11.7 Å². The Balaban J connectivity index is 2.13. The highest BCUT2D eigenvalue weighted by atomic mass is 19.1. The Labute approximate surface area is 150 Å². The molecule has 0 saturated carbocycles. The van der Waals surface area contributed by atoms with E-state index in [0.29, 0.717) is 17.1 Å². The first kappa shape index (κ1) is 17.5. The Kier molecular flexibility index (Phi) is 4.62. The number of nitrogen functional groups attached to an aromatic ring is 1. The van der Waals surface area contributed by atoms with Crippen molar-refractivity contribution in [3.8, 4) is 22.4 Å². The van der Waals surface area contributed by atoms with Crippen molar-refractivity contribution in [3.63, 3.8) is 0 Å². The number of hydrogen-bond acceptors (Lipinski definition) is 5. The molecule has 0 aliphatic heterocycles. The largest absolute Gasteiger partial charge is 0.384 e. The van der Waals surface area contributed by atoms with Crippen molar-refractivity contribution in [2.45, 2.75) is 6.92 Å². The average molecular weight is 351 g/mol. The van der Waals surface area contributed by atoms with Gasteiger partial charge in [-0.1, -0.05) is 6.07 Å². The van der Waals surface area contributed by atoms with Crippen LogP contribution < -0.4 is 5.73 Å². The number of benzene rings is 1. The van der Waals surface area contributed by atoms with Crippen molar-refractivity contribution < 1.29 is 9.18 Å². The van der Waals surface area contributed by atoms with Gasteiger partial charge >= 0.3 is 0 Å². The number of amides is 1. The van der Waals surface area contributed by atoms with Crippen LogP contribution in [0.3, 0.4) is 0 Å². The smallest absolute Gasteiger partial charge is 0.256 e. The summed E-state index contributed by atoms with van der Waals surface area (Å²) >= 11 is 0. The van der Waals surface area contributed by atoms with E-state index in [1.54, 1.807) is 32.4 Å². The van der Waals surface area contributed by atoms with Crippen molar-refractivity contribution in [3.05, 3.63) is 59.9 Å². The molecule has 0 aliphatic rings. The molecule has 0 atom stereocenters. The molecule has 7 heteroatoms. The van der Waals surface area contributed by atoms with E-state index < -0.39 is 11.7 Å². The zero-order chi connectivity index (χ0) is 18.8. The summed E-state index contributed by atoms with van der Waals surface area (Å²) in [6.07, 6.45) is 3.06. The molecule has 0 spiro atoms. The minimum absolute atomic E-state index is 0.0141. The molecule has 132 valence electrons. The molecular weight excluding hydrogens is 333 g/mol. The van der Waals surface area contributed by atoms with Crippen molar-refractivity contribution in [1.82, 2.24) is 19.9 Å². The van der Waals surface area contributed by atoms with E-state index in [1.807, 2.05) is 13.0 Å². The molecule has 0 saturated heterocycles. The number of rotatable bonds is 3. The van der Waals surface area contributed by atoms with E-state index in [1.165, 1.54) is 23.4 Å². The predicted octanol–water partition coefficient (Wildman–Crippen LogP) is 2.94. The van der Waals surface area contributed by atoms with Gasteiger partial charge in [-0.3, -0.25) is 4.79 Å². The maximum Gasteiger partial charge on any atom is 0.256 e. The van der Waals surface area contributed by atoms with Crippen LogP contribution in [0.15, 0.2) is 42.9 Å². The summed E-state index contributed by atoms with van der Waals surface area (Å²) in [6.45, 7) is 1.84. The van der Waals surface area contributed by atoms with Crippen LogP contribution in [-0.2, 0) is 0 Å². The number of hydrogen-bond donors (Lipinski definition) is 1. The van der Waals surface area contributed by atoms with Gasteiger partial charge in [-0.05, 0) is 31.2 Å². The van der Waals surface area contributed by atoms with E-state index in [2.05, 4.69) is 15.0 Å². The first-order chi connectivity index (χ1) is 12.4. The monoisotopic (exact) mass is 351 g/mol. The van der Waals surface area contributed by atoms with E-state index in [9.17, 15) is 9.18 Å². The second kappa shape index (κ2) is 6.87. The Morgan fingerprint density at radius 2 is 1.81 bits per heavy atom. The van der Waals surface area contributed by atoms with Gasteiger partial charge in [0.1, 0.15) is 18.0 Å². The van der Waals surface area contributed by atoms with Gasteiger partial charge in [0.25, 0.3) is 5.91 Å². The molecule has 0 unspecified atom stereocenters. The molecule has 0 radical (unpaired) electrons. The second-order valence-corrected chi connectivity index (χ2v) is 6.05. The summed E-state index contributed by atoms with van der Waals surface area (Å²) in [5.41, 5.74) is 9.03. The molecule has 2 N–H and O–H groups in total. The molecule has 0 bridgehead atoms. The summed E-state index contributed by atoms with van der Waals surface area (Å²) in [5, 5.41) is 0. The van der Waals surface area contributed by atoms with Crippen LogP contribution in [0.1, 0.15) is 16.1 Å². The number of carbonyl (C=O) groups excluding carboxylic acids is 1. The summed E-state index contributed by atoms with van der Waals surface area (Å²) in [7, 11) is 3.16. The lowest BCUT2D eigenvalue weighted by molar-refractivity contribution is 0.0823. The molecule has 2 heterocycles. The SMILES string of the molecule is Cc1ncnc(-c2ccc(C(=O)N(C)C)c(F)c2)c1-c1ccc(N)nc1. The molecule has 1 aromatic carbocycles. The second-order valence-electron chi connectivity index (χ2n) is 6.05. The van der Waals surface area contributed by atoms with Crippen LogP contribution in [0.4, 0.5) is 10.2 Å². The zero-order valence-corrected chi connectivity index (χ0v) is 14.7. The number of carbonyl (C=O) groups is 1. The van der Waals surface area contributed by atoms with Crippen LogP contribution >= 0.6 is 0 Å². The molecular formula is C19H18FN5O. The minimum Gasteiger partial charge on any atom is -0.384 e. The standard InChI is InChI=1S/C19H18FN5O/c1-11-17(13-5-7-16(21)22-9-13)18(24-10-23-11)12-4-6-14(15(20)8-12)19(26)25(2)3/h4-10H,1-3H3,(H2,21,22). The summed E-state index contributed by atoms with van der Waals surface area (Å²) in [5.74, 6) is -0.586. The van der Waals surface area contributed by atoms with Crippen LogP contribution in [0.5, 0.6) is 0 Å². The van der Waals surface area contributed by atoms with Crippen LogP contribution in [0, 0.1) is 12.7 Å². The Morgan fingerprint density at radius 1 is 1.08 bits per heavy atom.